The Kier molecular flexibility index (Phi) is 4.70. The number of hydrogen-bond donors (Lipinski definition) is 1. The Labute approximate surface area is 185 Å². The van der Waals surface area contributed by atoms with Gasteiger partial charge in [0.1, 0.15) is 11.5 Å². The molecule has 0 saturated carbocycles. The lowest BCUT2D eigenvalue weighted by molar-refractivity contribution is -0.384. The maximum Gasteiger partial charge on any atom is 0.269 e. The number of nitro groups is 1. The molecule has 0 saturated heterocycles. The van der Waals surface area contributed by atoms with Crippen LogP contribution in [-0.4, -0.2) is 30.8 Å². The molecule has 5 rings (SSSR count). The Morgan fingerprint density at radius 1 is 1.15 bits per heavy atom. The van der Waals surface area contributed by atoms with Crippen LogP contribution in [0, 0.1) is 24.0 Å². The van der Waals surface area contributed by atoms with Gasteiger partial charge in [0.05, 0.1) is 39.2 Å². The summed E-state index contributed by atoms with van der Waals surface area (Å²) in [5.41, 5.74) is 2.64. The molecule has 164 valence electrons. The number of benzene rings is 1. The van der Waals surface area contributed by atoms with E-state index >= 15 is 0 Å². The summed E-state index contributed by atoms with van der Waals surface area (Å²) in [5, 5.41) is 22.6. The van der Waals surface area contributed by atoms with Crippen molar-refractivity contribution in [1.29, 1.82) is 0 Å². The fourth-order valence-electron chi connectivity index (χ4n) is 3.51. The van der Waals surface area contributed by atoms with Gasteiger partial charge < -0.3 is 14.3 Å². The predicted molar refractivity (Wildman–Crippen MR) is 117 cm³/mol. The smallest absolute Gasteiger partial charge is 0.269 e. The highest BCUT2D eigenvalue weighted by Crippen LogP contribution is 2.28. The minimum atomic E-state index is -0.479. The van der Waals surface area contributed by atoms with Crippen molar-refractivity contribution >= 4 is 28.5 Å². The number of aromatic nitrogens is 4. The molecule has 0 aliphatic carbocycles. The minimum absolute atomic E-state index is 0.0409. The van der Waals surface area contributed by atoms with E-state index in [0.717, 1.165) is 0 Å². The molecule has 0 bridgehead atoms. The first-order valence-electron chi connectivity index (χ1n) is 9.84. The molecular formula is C22H16N6O5. The molecule has 1 aromatic carbocycles. The number of carbonyl (C=O) groups excluding carboxylic acids is 1. The number of non-ortho nitro benzene ring substituents is 1. The van der Waals surface area contributed by atoms with Gasteiger partial charge in [0.15, 0.2) is 5.76 Å². The van der Waals surface area contributed by atoms with Gasteiger partial charge in [-0.25, -0.2) is 9.67 Å². The molecule has 0 radical (unpaired) electrons. The molecular weight excluding hydrogens is 428 g/mol. The van der Waals surface area contributed by atoms with Gasteiger partial charge in [0.2, 0.25) is 0 Å². The lowest BCUT2D eigenvalue weighted by Gasteiger charge is -2.10. The lowest BCUT2D eigenvalue weighted by atomic mass is 10.1. The van der Waals surface area contributed by atoms with Crippen molar-refractivity contribution < 1.29 is 18.7 Å². The second-order valence-corrected chi connectivity index (χ2v) is 7.29. The van der Waals surface area contributed by atoms with Crippen molar-refractivity contribution in [3.63, 3.8) is 0 Å². The van der Waals surface area contributed by atoms with Gasteiger partial charge in [-0.3, -0.25) is 14.9 Å². The molecule has 33 heavy (non-hydrogen) atoms. The van der Waals surface area contributed by atoms with E-state index in [4.69, 9.17) is 8.94 Å². The molecule has 0 fully saturated rings. The number of nitrogens with one attached hydrogen (secondary N) is 1. The van der Waals surface area contributed by atoms with Crippen LogP contribution in [0.4, 0.5) is 11.5 Å². The Morgan fingerprint density at radius 2 is 1.94 bits per heavy atom. The average Bonchev–Trinajstić information content (AvgIpc) is 3.54. The Balaban J connectivity index is 1.55. The number of carbonyl (C=O) groups is 1. The van der Waals surface area contributed by atoms with Crippen LogP contribution in [0.25, 0.3) is 28.2 Å². The minimum Gasteiger partial charge on any atom is -0.463 e. The van der Waals surface area contributed by atoms with Crippen LogP contribution >= 0.6 is 0 Å². The monoisotopic (exact) mass is 444 g/mol. The van der Waals surface area contributed by atoms with Crippen LogP contribution in [-0.2, 0) is 0 Å². The second kappa shape index (κ2) is 7.71. The Bertz CT molecular complexity index is 1500. The summed E-state index contributed by atoms with van der Waals surface area (Å²) < 4.78 is 12.2. The van der Waals surface area contributed by atoms with Crippen LogP contribution < -0.4 is 5.32 Å². The molecule has 1 N–H and O–H groups in total. The van der Waals surface area contributed by atoms with E-state index in [1.807, 2.05) is 0 Å². The highest BCUT2D eigenvalue weighted by molar-refractivity contribution is 6.12. The Hall–Kier alpha value is -4.80. The van der Waals surface area contributed by atoms with E-state index in [9.17, 15) is 14.9 Å². The summed E-state index contributed by atoms with van der Waals surface area (Å²) in [7, 11) is 0. The maximum absolute atomic E-state index is 13.4. The number of nitro benzene ring substituents is 1. The van der Waals surface area contributed by atoms with Crippen molar-refractivity contribution in [1.82, 2.24) is 19.9 Å². The first-order valence-corrected chi connectivity index (χ1v) is 9.84. The van der Waals surface area contributed by atoms with Crippen LogP contribution in [0.15, 0.2) is 63.7 Å². The van der Waals surface area contributed by atoms with E-state index < -0.39 is 10.8 Å². The SMILES string of the molecule is Cc1cc(NC(=O)c2cc(-c3ccco3)nc3onc(C)c23)n(-c2ccc([N+](=O)[O-])cc2)n1. The van der Waals surface area contributed by atoms with E-state index in [-0.39, 0.29) is 11.4 Å². The van der Waals surface area contributed by atoms with E-state index in [0.29, 0.717) is 45.3 Å². The van der Waals surface area contributed by atoms with Crippen LogP contribution in [0.2, 0.25) is 0 Å². The predicted octanol–water partition coefficient (Wildman–Crippen LogP) is 4.45. The molecule has 4 aromatic heterocycles. The van der Waals surface area contributed by atoms with Crippen molar-refractivity contribution in [3.05, 3.63) is 81.9 Å². The summed E-state index contributed by atoms with van der Waals surface area (Å²) in [6, 6.07) is 12.6. The summed E-state index contributed by atoms with van der Waals surface area (Å²) in [4.78, 5) is 28.2. The number of furan rings is 1. The van der Waals surface area contributed by atoms with Crippen LogP contribution in [0.3, 0.4) is 0 Å². The fourth-order valence-corrected chi connectivity index (χ4v) is 3.51. The number of fused-ring (bicyclic) bond motifs is 1. The van der Waals surface area contributed by atoms with Crippen molar-refractivity contribution in [2.45, 2.75) is 13.8 Å². The lowest BCUT2D eigenvalue weighted by Crippen LogP contribution is -2.16. The van der Waals surface area contributed by atoms with Gasteiger partial charge in [-0.1, -0.05) is 5.16 Å². The first kappa shape index (κ1) is 20.1. The zero-order valence-corrected chi connectivity index (χ0v) is 17.5. The second-order valence-electron chi connectivity index (χ2n) is 7.29. The van der Waals surface area contributed by atoms with Crippen molar-refractivity contribution in [3.8, 4) is 17.1 Å². The number of amides is 1. The third-order valence-corrected chi connectivity index (χ3v) is 5.01. The third-order valence-electron chi connectivity index (χ3n) is 5.01. The van der Waals surface area contributed by atoms with Gasteiger partial charge in [-0.2, -0.15) is 5.10 Å². The van der Waals surface area contributed by atoms with E-state index in [2.05, 4.69) is 20.6 Å². The summed E-state index contributed by atoms with van der Waals surface area (Å²) in [5.74, 6) is 0.446. The molecule has 0 unspecified atom stereocenters. The van der Waals surface area contributed by atoms with Gasteiger partial charge in [-0.15, -0.1) is 0 Å². The van der Waals surface area contributed by atoms with Gasteiger partial charge >= 0.3 is 0 Å². The molecule has 5 aromatic rings. The van der Waals surface area contributed by atoms with E-state index in [1.54, 1.807) is 50.2 Å². The number of hydrogen-bond acceptors (Lipinski definition) is 8. The number of aryl methyl sites for hydroxylation is 2. The molecule has 1 amide bonds. The zero-order chi connectivity index (χ0) is 23.1. The average molecular weight is 444 g/mol. The molecule has 0 atom stereocenters. The zero-order valence-electron chi connectivity index (χ0n) is 17.5. The van der Waals surface area contributed by atoms with Crippen molar-refractivity contribution in [2.75, 3.05) is 5.32 Å². The number of pyridine rings is 1. The third kappa shape index (κ3) is 3.61. The Morgan fingerprint density at radius 3 is 2.64 bits per heavy atom. The standard InChI is InChI=1S/C22H16N6O5/c1-12-10-19(27(25-12)14-5-7-15(8-6-14)28(30)31)24-21(29)16-11-17(18-4-3-9-32-18)23-22-20(16)13(2)26-33-22/h3-11H,1-2H3,(H,24,29). The topological polar surface area (TPSA) is 142 Å². The van der Waals surface area contributed by atoms with Crippen molar-refractivity contribution in [2.24, 2.45) is 0 Å². The van der Waals surface area contributed by atoms with Gasteiger partial charge in [-0.05, 0) is 44.2 Å². The first-order chi connectivity index (χ1) is 15.9. The number of nitrogens with zero attached hydrogens (tertiary/aromatic N) is 5. The summed E-state index contributed by atoms with van der Waals surface area (Å²) in [6.07, 6.45) is 1.51. The quantitative estimate of drug-likeness (QED) is 0.309. The molecule has 11 heteroatoms. The highest BCUT2D eigenvalue weighted by Gasteiger charge is 2.22. The molecule has 11 nitrogen and oxygen atoms in total. The largest absolute Gasteiger partial charge is 0.463 e. The number of anilines is 1. The molecule has 4 heterocycles. The number of rotatable bonds is 5. The normalized spacial score (nSPS) is 11.1. The summed E-state index contributed by atoms with van der Waals surface area (Å²) in [6.45, 7) is 3.50. The van der Waals surface area contributed by atoms with Crippen LogP contribution in [0.5, 0.6) is 0 Å². The fraction of sp³-hybridized carbons (Fsp3) is 0.0909. The van der Waals surface area contributed by atoms with E-state index in [1.165, 1.54) is 23.1 Å². The van der Waals surface area contributed by atoms with Crippen LogP contribution in [0.1, 0.15) is 21.7 Å². The summed E-state index contributed by atoms with van der Waals surface area (Å²) >= 11 is 0. The maximum atomic E-state index is 13.4. The molecule has 0 aliphatic heterocycles. The molecule has 0 spiro atoms. The highest BCUT2D eigenvalue weighted by atomic mass is 16.6. The van der Waals surface area contributed by atoms with Gasteiger partial charge in [0, 0.05) is 18.2 Å². The van der Waals surface area contributed by atoms with Gasteiger partial charge in [0.25, 0.3) is 17.3 Å². The molecule has 0 aliphatic rings.